The van der Waals surface area contributed by atoms with Gasteiger partial charge >= 0.3 is 0 Å². The second kappa shape index (κ2) is 8.00. The van der Waals surface area contributed by atoms with Crippen LogP contribution in [0.3, 0.4) is 0 Å². The van der Waals surface area contributed by atoms with Crippen molar-refractivity contribution in [2.75, 3.05) is 13.2 Å². The molecular weight excluding hydrogens is 269 g/mol. The minimum Gasteiger partial charge on any atom is -0.377 e. The van der Waals surface area contributed by atoms with Gasteiger partial charge in [-0.15, -0.1) is 0 Å². The van der Waals surface area contributed by atoms with Crippen molar-refractivity contribution < 1.29 is 4.74 Å². The van der Waals surface area contributed by atoms with Gasteiger partial charge in [-0.3, -0.25) is 0 Å². The Morgan fingerprint density at radius 1 is 1.28 bits per heavy atom. The van der Waals surface area contributed by atoms with Crippen LogP contribution in [0.4, 0.5) is 0 Å². The zero-order valence-corrected chi connectivity index (χ0v) is 12.7. The van der Waals surface area contributed by atoms with Crippen LogP contribution in [0.15, 0.2) is 18.2 Å². The molecule has 2 nitrogen and oxygen atoms in total. The van der Waals surface area contributed by atoms with Crippen LogP contribution in [0, 0.1) is 0 Å². The topological polar surface area (TPSA) is 21.3 Å². The fraction of sp³-hybridized carbons (Fsp3) is 0.571. The first-order valence-corrected chi connectivity index (χ1v) is 7.10. The number of hydrogen-bond acceptors (Lipinski definition) is 2. The van der Waals surface area contributed by atoms with Crippen molar-refractivity contribution >= 4 is 23.2 Å². The summed E-state index contributed by atoms with van der Waals surface area (Å²) < 4.78 is 5.69. The van der Waals surface area contributed by atoms with E-state index in [1.54, 1.807) is 6.07 Å². The molecule has 18 heavy (non-hydrogen) atoms. The SMILES string of the molecule is CCCNC(COC(C)C)c1cc(Cl)ccc1Cl. The summed E-state index contributed by atoms with van der Waals surface area (Å²) in [4.78, 5) is 0. The van der Waals surface area contributed by atoms with Gasteiger partial charge in [0.1, 0.15) is 0 Å². The molecule has 0 fully saturated rings. The van der Waals surface area contributed by atoms with Gasteiger partial charge in [0.25, 0.3) is 0 Å². The normalized spacial score (nSPS) is 13.0. The highest BCUT2D eigenvalue weighted by molar-refractivity contribution is 6.33. The van der Waals surface area contributed by atoms with Crippen LogP contribution in [0.2, 0.25) is 10.0 Å². The number of hydrogen-bond donors (Lipinski definition) is 1. The van der Waals surface area contributed by atoms with E-state index in [1.807, 2.05) is 26.0 Å². The van der Waals surface area contributed by atoms with Gasteiger partial charge in [-0.05, 0) is 50.6 Å². The molecule has 1 unspecified atom stereocenters. The van der Waals surface area contributed by atoms with Gasteiger partial charge in [0, 0.05) is 10.0 Å². The summed E-state index contributed by atoms with van der Waals surface area (Å²) in [7, 11) is 0. The second-order valence-corrected chi connectivity index (χ2v) is 5.40. The van der Waals surface area contributed by atoms with Gasteiger partial charge in [-0.2, -0.15) is 0 Å². The summed E-state index contributed by atoms with van der Waals surface area (Å²) in [6, 6.07) is 5.61. The van der Waals surface area contributed by atoms with Crippen LogP contribution in [-0.4, -0.2) is 19.3 Å². The molecule has 1 N–H and O–H groups in total. The van der Waals surface area contributed by atoms with Gasteiger partial charge in [-0.1, -0.05) is 30.1 Å². The van der Waals surface area contributed by atoms with Gasteiger partial charge in [0.15, 0.2) is 0 Å². The molecule has 0 bridgehead atoms. The molecule has 0 aliphatic carbocycles. The van der Waals surface area contributed by atoms with Crippen molar-refractivity contribution in [2.45, 2.75) is 39.3 Å². The van der Waals surface area contributed by atoms with E-state index in [0.29, 0.717) is 11.6 Å². The molecule has 1 atom stereocenters. The van der Waals surface area contributed by atoms with Crippen molar-refractivity contribution in [1.29, 1.82) is 0 Å². The largest absolute Gasteiger partial charge is 0.377 e. The highest BCUT2D eigenvalue weighted by Crippen LogP contribution is 2.27. The molecule has 1 aromatic rings. The number of nitrogens with one attached hydrogen (secondary N) is 1. The van der Waals surface area contributed by atoms with Crippen LogP contribution in [0.5, 0.6) is 0 Å². The Balaban J connectivity index is 2.82. The summed E-state index contributed by atoms with van der Waals surface area (Å²) in [6.07, 6.45) is 1.27. The van der Waals surface area contributed by atoms with Crippen LogP contribution >= 0.6 is 23.2 Å². The zero-order valence-electron chi connectivity index (χ0n) is 11.2. The van der Waals surface area contributed by atoms with Crippen molar-refractivity contribution in [3.63, 3.8) is 0 Å². The molecule has 0 heterocycles. The molecule has 1 aromatic carbocycles. The molecule has 0 aliphatic rings. The Bertz CT molecular complexity index is 369. The van der Waals surface area contributed by atoms with Crippen molar-refractivity contribution in [3.05, 3.63) is 33.8 Å². The van der Waals surface area contributed by atoms with E-state index in [0.717, 1.165) is 23.6 Å². The van der Waals surface area contributed by atoms with E-state index < -0.39 is 0 Å². The van der Waals surface area contributed by atoms with Gasteiger partial charge in [0.05, 0.1) is 18.8 Å². The lowest BCUT2D eigenvalue weighted by Crippen LogP contribution is -2.27. The number of ether oxygens (including phenoxy) is 1. The fourth-order valence-corrected chi connectivity index (χ4v) is 2.08. The summed E-state index contributed by atoms with van der Waals surface area (Å²) >= 11 is 12.3. The van der Waals surface area contributed by atoms with Crippen LogP contribution in [0.1, 0.15) is 38.8 Å². The number of benzene rings is 1. The molecule has 102 valence electrons. The van der Waals surface area contributed by atoms with Crippen LogP contribution in [-0.2, 0) is 4.74 Å². The maximum atomic E-state index is 6.23. The van der Waals surface area contributed by atoms with Crippen molar-refractivity contribution in [1.82, 2.24) is 5.32 Å². The van der Waals surface area contributed by atoms with Gasteiger partial charge in [-0.25, -0.2) is 0 Å². The van der Waals surface area contributed by atoms with E-state index in [-0.39, 0.29) is 12.1 Å². The molecule has 0 aromatic heterocycles. The van der Waals surface area contributed by atoms with Crippen LogP contribution in [0.25, 0.3) is 0 Å². The van der Waals surface area contributed by atoms with E-state index in [9.17, 15) is 0 Å². The maximum absolute atomic E-state index is 6.23. The average molecular weight is 290 g/mol. The Kier molecular flexibility index (Phi) is 7.02. The van der Waals surface area contributed by atoms with Crippen molar-refractivity contribution in [3.8, 4) is 0 Å². The fourth-order valence-electron chi connectivity index (χ4n) is 1.65. The number of halogens is 2. The number of rotatable bonds is 7. The van der Waals surface area contributed by atoms with Crippen molar-refractivity contribution in [2.24, 2.45) is 0 Å². The minimum absolute atomic E-state index is 0.0820. The third kappa shape index (κ3) is 5.15. The van der Waals surface area contributed by atoms with E-state index >= 15 is 0 Å². The Hall–Kier alpha value is -0.280. The lowest BCUT2D eigenvalue weighted by Gasteiger charge is -2.21. The molecular formula is C14H21Cl2NO. The van der Waals surface area contributed by atoms with Crippen LogP contribution < -0.4 is 5.32 Å². The lowest BCUT2D eigenvalue weighted by atomic mass is 10.1. The van der Waals surface area contributed by atoms with E-state index in [1.165, 1.54) is 0 Å². The Labute approximate surface area is 120 Å². The molecule has 0 amide bonds. The minimum atomic E-state index is 0.0820. The summed E-state index contributed by atoms with van der Waals surface area (Å²) in [5, 5.41) is 4.86. The van der Waals surface area contributed by atoms with Gasteiger partial charge in [0.2, 0.25) is 0 Å². The standard InChI is InChI=1S/C14H21Cl2NO/c1-4-7-17-14(9-18-10(2)3)12-8-11(15)5-6-13(12)16/h5-6,8,10,14,17H,4,7,9H2,1-3H3. The maximum Gasteiger partial charge on any atom is 0.0665 e. The van der Waals surface area contributed by atoms with E-state index in [2.05, 4.69) is 12.2 Å². The molecule has 4 heteroatoms. The third-order valence-electron chi connectivity index (χ3n) is 2.57. The predicted molar refractivity (Wildman–Crippen MR) is 78.6 cm³/mol. The first kappa shape index (κ1) is 15.8. The lowest BCUT2D eigenvalue weighted by molar-refractivity contribution is 0.0611. The third-order valence-corrected chi connectivity index (χ3v) is 3.15. The summed E-state index contributed by atoms with van der Waals surface area (Å²) in [6.45, 7) is 7.70. The summed E-state index contributed by atoms with van der Waals surface area (Å²) in [5.41, 5.74) is 0.998. The first-order chi connectivity index (χ1) is 8.54. The smallest absolute Gasteiger partial charge is 0.0665 e. The predicted octanol–water partition coefficient (Wildman–Crippen LogP) is 4.46. The highest BCUT2D eigenvalue weighted by Gasteiger charge is 2.15. The van der Waals surface area contributed by atoms with Gasteiger partial charge < -0.3 is 10.1 Å². The van der Waals surface area contributed by atoms with E-state index in [4.69, 9.17) is 27.9 Å². The summed E-state index contributed by atoms with van der Waals surface area (Å²) in [5.74, 6) is 0. The molecule has 0 aliphatic heterocycles. The first-order valence-electron chi connectivity index (χ1n) is 6.34. The zero-order chi connectivity index (χ0) is 13.5. The molecule has 0 saturated heterocycles. The quantitative estimate of drug-likeness (QED) is 0.800. The Morgan fingerprint density at radius 3 is 2.61 bits per heavy atom. The Morgan fingerprint density at radius 2 is 2.00 bits per heavy atom. The second-order valence-electron chi connectivity index (χ2n) is 4.55. The highest BCUT2D eigenvalue weighted by atomic mass is 35.5. The average Bonchev–Trinajstić information content (AvgIpc) is 2.32. The monoisotopic (exact) mass is 289 g/mol. The molecule has 0 radical (unpaired) electrons. The molecule has 1 rings (SSSR count). The molecule has 0 saturated carbocycles. The molecule has 0 spiro atoms.